The molecule has 0 spiro atoms. The second-order valence-electron chi connectivity index (χ2n) is 5.57. The van der Waals surface area contributed by atoms with Crippen molar-refractivity contribution < 1.29 is 22.3 Å². The Morgan fingerprint density at radius 3 is 2.36 bits per heavy atom. The minimum Gasteiger partial charge on any atom is -0.374 e. The maximum Gasteiger partial charge on any atom is 0.418 e. The molecule has 0 aromatic rings. The number of alkyl halides is 3. The fourth-order valence-corrected chi connectivity index (χ4v) is 2.19. The van der Waals surface area contributed by atoms with E-state index in [0.717, 1.165) is 24.0 Å². The minimum atomic E-state index is -4.77. The largest absolute Gasteiger partial charge is 0.418 e. The first-order valence-corrected chi connectivity index (χ1v) is 7.18. The predicted octanol–water partition coefficient (Wildman–Crippen LogP) is 5.67. The Balaban J connectivity index is 2.73. The van der Waals surface area contributed by atoms with Crippen LogP contribution in [0.25, 0.3) is 0 Å². The SMILES string of the molecule is C=C/C(=C(/F)C(CC/C(C)=C\C(=C)C1CC1)OC)C(F)(F)F. The van der Waals surface area contributed by atoms with Crippen molar-refractivity contribution in [3.8, 4) is 0 Å². The summed E-state index contributed by atoms with van der Waals surface area (Å²) < 4.78 is 56.9. The van der Waals surface area contributed by atoms with Crippen molar-refractivity contribution >= 4 is 0 Å². The van der Waals surface area contributed by atoms with Crippen LogP contribution in [0, 0.1) is 5.92 Å². The van der Waals surface area contributed by atoms with Gasteiger partial charge in [-0.15, -0.1) is 0 Å². The quantitative estimate of drug-likeness (QED) is 0.414. The molecule has 0 radical (unpaired) electrons. The Bertz CT molecular complexity index is 481. The van der Waals surface area contributed by atoms with Gasteiger partial charge in [-0.05, 0) is 38.5 Å². The Labute approximate surface area is 129 Å². The lowest BCUT2D eigenvalue weighted by Gasteiger charge is -2.17. The molecule has 5 heteroatoms. The van der Waals surface area contributed by atoms with Gasteiger partial charge in [0.2, 0.25) is 0 Å². The first kappa shape index (κ1) is 18.7. The lowest BCUT2D eigenvalue weighted by Crippen LogP contribution is -2.19. The molecular formula is C17H22F4O. The van der Waals surface area contributed by atoms with Crippen molar-refractivity contribution in [2.75, 3.05) is 7.11 Å². The first-order chi connectivity index (χ1) is 10.2. The summed E-state index contributed by atoms with van der Waals surface area (Å²) in [5.41, 5.74) is 0.617. The molecule has 0 bridgehead atoms. The van der Waals surface area contributed by atoms with Gasteiger partial charge in [0.05, 0.1) is 5.57 Å². The number of halogens is 4. The zero-order valence-corrected chi connectivity index (χ0v) is 13.0. The van der Waals surface area contributed by atoms with Crippen LogP contribution >= 0.6 is 0 Å². The maximum absolute atomic E-state index is 14.0. The van der Waals surface area contributed by atoms with Crippen LogP contribution in [0.1, 0.15) is 32.6 Å². The molecule has 0 amide bonds. The highest BCUT2D eigenvalue weighted by Gasteiger charge is 2.37. The molecule has 1 fully saturated rings. The lowest BCUT2D eigenvalue weighted by atomic mass is 10.0. The molecule has 0 saturated heterocycles. The summed E-state index contributed by atoms with van der Waals surface area (Å²) in [6, 6.07) is 0. The Morgan fingerprint density at radius 1 is 1.36 bits per heavy atom. The molecule has 0 aromatic heterocycles. The van der Waals surface area contributed by atoms with E-state index in [1.165, 1.54) is 7.11 Å². The molecule has 1 atom stereocenters. The summed E-state index contributed by atoms with van der Waals surface area (Å²) in [6.07, 6.45) is -0.733. The van der Waals surface area contributed by atoms with E-state index in [4.69, 9.17) is 4.74 Å². The Morgan fingerprint density at radius 2 is 1.95 bits per heavy atom. The van der Waals surface area contributed by atoms with Crippen molar-refractivity contribution in [2.24, 2.45) is 5.92 Å². The summed E-state index contributed by atoms with van der Waals surface area (Å²) >= 11 is 0. The molecule has 0 aliphatic heterocycles. The highest BCUT2D eigenvalue weighted by Crippen LogP contribution is 2.37. The van der Waals surface area contributed by atoms with E-state index >= 15 is 0 Å². The molecule has 0 heterocycles. The summed E-state index contributed by atoms with van der Waals surface area (Å²) in [5, 5.41) is 0. The number of methoxy groups -OCH3 is 1. The molecular weight excluding hydrogens is 296 g/mol. The number of hydrogen-bond acceptors (Lipinski definition) is 1. The standard InChI is InChI=1S/C17H22F4O/c1-5-14(17(19,20)21)16(18)15(22-4)9-6-11(2)10-12(3)13-7-8-13/h5,10,13,15H,1,3,6-9H2,2,4H3/b11-10-,16-14-. The van der Waals surface area contributed by atoms with E-state index in [2.05, 4.69) is 13.2 Å². The van der Waals surface area contributed by atoms with Crippen molar-refractivity contribution in [1.82, 2.24) is 0 Å². The van der Waals surface area contributed by atoms with Gasteiger partial charge in [-0.1, -0.05) is 36.5 Å². The Hall–Kier alpha value is -1.36. The molecule has 124 valence electrons. The number of rotatable bonds is 8. The summed E-state index contributed by atoms with van der Waals surface area (Å²) in [4.78, 5) is 0. The highest BCUT2D eigenvalue weighted by molar-refractivity contribution is 5.28. The average molecular weight is 318 g/mol. The number of allylic oxidation sites excluding steroid dienone is 5. The van der Waals surface area contributed by atoms with Gasteiger partial charge in [-0.2, -0.15) is 13.2 Å². The van der Waals surface area contributed by atoms with E-state index in [0.29, 0.717) is 18.4 Å². The Kier molecular flexibility index (Phi) is 6.60. The van der Waals surface area contributed by atoms with Crippen LogP contribution in [0.2, 0.25) is 0 Å². The zero-order chi connectivity index (χ0) is 16.9. The molecule has 0 aromatic carbocycles. The average Bonchev–Trinajstić information content (AvgIpc) is 3.22. The molecule has 1 aliphatic rings. The molecule has 0 N–H and O–H groups in total. The van der Waals surface area contributed by atoms with Gasteiger partial charge in [0.1, 0.15) is 11.9 Å². The van der Waals surface area contributed by atoms with E-state index in [9.17, 15) is 17.6 Å². The summed E-state index contributed by atoms with van der Waals surface area (Å²) in [7, 11) is 1.20. The number of ether oxygens (including phenoxy) is 1. The van der Waals surface area contributed by atoms with Gasteiger partial charge in [0, 0.05) is 7.11 Å². The second-order valence-corrected chi connectivity index (χ2v) is 5.57. The van der Waals surface area contributed by atoms with Crippen LogP contribution < -0.4 is 0 Å². The van der Waals surface area contributed by atoms with Crippen LogP contribution in [0.5, 0.6) is 0 Å². The summed E-state index contributed by atoms with van der Waals surface area (Å²) in [5.74, 6) is -0.791. The minimum absolute atomic E-state index is 0.135. The van der Waals surface area contributed by atoms with Crippen LogP contribution in [0.15, 0.2) is 47.9 Å². The summed E-state index contributed by atoms with van der Waals surface area (Å²) in [6.45, 7) is 8.85. The monoisotopic (exact) mass is 318 g/mol. The van der Waals surface area contributed by atoms with Crippen molar-refractivity contribution in [3.63, 3.8) is 0 Å². The van der Waals surface area contributed by atoms with Gasteiger partial charge >= 0.3 is 6.18 Å². The lowest BCUT2D eigenvalue weighted by molar-refractivity contribution is -0.0917. The maximum atomic E-state index is 14.0. The molecule has 1 rings (SSSR count). The zero-order valence-electron chi connectivity index (χ0n) is 13.0. The fraction of sp³-hybridized carbons (Fsp3) is 0.529. The van der Waals surface area contributed by atoms with Gasteiger partial charge in [0.15, 0.2) is 0 Å². The molecule has 1 unspecified atom stereocenters. The van der Waals surface area contributed by atoms with Gasteiger partial charge in [-0.25, -0.2) is 4.39 Å². The molecule has 1 nitrogen and oxygen atoms in total. The van der Waals surface area contributed by atoms with Crippen LogP contribution in [-0.2, 0) is 4.74 Å². The normalized spacial score (nSPS) is 18.7. The van der Waals surface area contributed by atoms with Crippen LogP contribution in [0.4, 0.5) is 17.6 Å². The molecule has 1 aliphatic carbocycles. The van der Waals surface area contributed by atoms with Crippen LogP contribution in [-0.4, -0.2) is 19.4 Å². The molecule has 1 saturated carbocycles. The van der Waals surface area contributed by atoms with E-state index in [-0.39, 0.29) is 6.42 Å². The highest BCUT2D eigenvalue weighted by atomic mass is 19.4. The van der Waals surface area contributed by atoms with Gasteiger partial charge < -0.3 is 4.74 Å². The number of hydrogen-bond donors (Lipinski definition) is 0. The third kappa shape index (κ3) is 5.44. The fourth-order valence-electron chi connectivity index (χ4n) is 2.19. The smallest absolute Gasteiger partial charge is 0.374 e. The van der Waals surface area contributed by atoms with E-state index in [1.807, 2.05) is 13.0 Å². The van der Waals surface area contributed by atoms with E-state index in [1.54, 1.807) is 0 Å². The van der Waals surface area contributed by atoms with Crippen molar-refractivity contribution in [1.29, 1.82) is 0 Å². The third-order valence-corrected chi connectivity index (χ3v) is 3.67. The van der Waals surface area contributed by atoms with Crippen molar-refractivity contribution in [2.45, 2.75) is 44.9 Å². The van der Waals surface area contributed by atoms with Gasteiger partial charge in [-0.3, -0.25) is 0 Å². The molecule has 22 heavy (non-hydrogen) atoms. The second kappa shape index (κ2) is 7.77. The predicted molar refractivity (Wildman–Crippen MR) is 80.0 cm³/mol. The van der Waals surface area contributed by atoms with Gasteiger partial charge in [0.25, 0.3) is 0 Å². The topological polar surface area (TPSA) is 9.23 Å². The van der Waals surface area contributed by atoms with E-state index < -0.39 is 23.7 Å². The third-order valence-electron chi connectivity index (χ3n) is 3.67. The van der Waals surface area contributed by atoms with Crippen LogP contribution in [0.3, 0.4) is 0 Å². The van der Waals surface area contributed by atoms with Crippen molar-refractivity contribution in [3.05, 3.63) is 47.9 Å². The first-order valence-electron chi connectivity index (χ1n) is 7.18.